The minimum Gasteiger partial charge on any atom is -0.349 e. The molecule has 0 radical (unpaired) electrons. The van der Waals surface area contributed by atoms with Crippen molar-refractivity contribution < 1.29 is 9.72 Å². The summed E-state index contributed by atoms with van der Waals surface area (Å²) < 4.78 is 0. The van der Waals surface area contributed by atoms with E-state index in [2.05, 4.69) is 5.32 Å². The van der Waals surface area contributed by atoms with E-state index in [-0.39, 0.29) is 36.3 Å². The Hall–Kier alpha value is -1.66. The van der Waals surface area contributed by atoms with E-state index in [1.165, 1.54) is 12.1 Å². The van der Waals surface area contributed by atoms with Crippen molar-refractivity contribution in [2.45, 2.75) is 32.7 Å². The molecule has 0 saturated carbocycles. The van der Waals surface area contributed by atoms with Crippen LogP contribution >= 0.6 is 12.4 Å². The fourth-order valence-electron chi connectivity index (χ4n) is 1.71. The maximum absolute atomic E-state index is 12.0. The highest BCUT2D eigenvalue weighted by molar-refractivity contribution is 5.85. The van der Waals surface area contributed by atoms with E-state index in [1.54, 1.807) is 12.1 Å². The van der Waals surface area contributed by atoms with Crippen LogP contribution in [0, 0.1) is 16.0 Å². The van der Waals surface area contributed by atoms with Crippen LogP contribution in [0.25, 0.3) is 0 Å². The van der Waals surface area contributed by atoms with E-state index in [0.29, 0.717) is 6.54 Å². The van der Waals surface area contributed by atoms with Gasteiger partial charge in [-0.3, -0.25) is 14.9 Å². The topological polar surface area (TPSA) is 98.3 Å². The summed E-state index contributed by atoms with van der Waals surface area (Å²) in [5.74, 6) is 0.0776. The normalized spacial score (nSPS) is 13.2. The van der Waals surface area contributed by atoms with Crippen LogP contribution in [0.15, 0.2) is 24.3 Å². The number of nitrogens with two attached hydrogens (primary N) is 1. The van der Waals surface area contributed by atoms with Gasteiger partial charge in [-0.2, -0.15) is 0 Å². The fraction of sp³-hybridized carbons (Fsp3) is 0.500. The molecule has 0 saturated heterocycles. The minimum absolute atomic E-state index is 0. The second-order valence-corrected chi connectivity index (χ2v) is 5.42. The standard InChI is InChI=1S/C14H21N3O3.ClH/c1-10(2)14(3,9-15)16-13(18)8-11-4-6-12(7-5-11)17(19)20;/h4-7,10H,8-9,15H2,1-3H3,(H,16,18);1H. The summed E-state index contributed by atoms with van der Waals surface area (Å²) >= 11 is 0. The number of nitrogens with zero attached hydrogens (tertiary/aromatic N) is 1. The van der Waals surface area contributed by atoms with Gasteiger partial charge in [-0.25, -0.2) is 0 Å². The average Bonchev–Trinajstić information content (AvgIpc) is 2.38. The van der Waals surface area contributed by atoms with Crippen molar-refractivity contribution in [2.75, 3.05) is 6.54 Å². The second-order valence-electron chi connectivity index (χ2n) is 5.42. The Labute approximate surface area is 130 Å². The highest BCUT2D eigenvalue weighted by Gasteiger charge is 2.28. The molecule has 0 fully saturated rings. The summed E-state index contributed by atoms with van der Waals surface area (Å²) in [4.78, 5) is 22.1. The summed E-state index contributed by atoms with van der Waals surface area (Å²) in [6, 6.07) is 5.97. The van der Waals surface area contributed by atoms with E-state index in [4.69, 9.17) is 5.73 Å². The summed E-state index contributed by atoms with van der Waals surface area (Å²) in [6.07, 6.45) is 0.181. The summed E-state index contributed by atoms with van der Waals surface area (Å²) in [6.45, 7) is 6.26. The molecule has 0 aromatic heterocycles. The maximum Gasteiger partial charge on any atom is 0.269 e. The number of rotatable bonds is 6. The van der Waals surface area contributed by atoms with Crippen molar-refractivity contribution in [1.82, 2.24) is 5.32 Å². The number of hydrogen-bond acceptors (Lipinski definition) is 4. The predicted octanol–water partition coefficient (Wildman–Crippen LogP) is 2.05. The highest BCUT2D eigenvalue weighted by Crippen LogP contribution is 2.16. The Morgan fingerprint density at radius 3 is 2.29 bits per heavy atom. The smallest absolute Gasteiger partial charge is 0.269 e. The molecule has 7 heteroatoms. The largest absolute Gasteiger partial charge is 0.349 e. The van der Waals surface area contributed by atoms with E-state index in [9.17, 15) is 14.9 Å². The molecular weight excluding hydrogens is 294 g/mol. The number of nitrogens with one attached hydrogen (secondary N) is 1. The Balaban J connectivity index is 0.00000400. The number of hydrogen-bond donors (Lipinski definition) is 2. The van der Waals surface area contributed by atoms with Gasteiger partial charge < -0.3 is 11.1 Å². The van der Waals surface area contributed by atoms with Crippen molar-refractivity contribution in [3.05, 3.63) is 39.9 Å². The van der Waals surface area contributed by atoms with Crippen LogP contribution in [0.4, 0.5) is 5.69 Å². The fourth-order valence-corrected chi connectivity index (χ4v) is 1.71. The van der Waals surface area contributed by atoms with Crippen LogP contribution in [-0.2, 0) is 11.2 Å². The third kappa shape index (κ3) is 5.32. The number of carbonyl (C=O) groups is 1. The minimum atomic E-state index is -0.464. The number of carbonyl (C=O) groups excluding carboxylic acids is 1. The van der Waals surface area contributed by atoms with Crippen LogP contribution in [-0.4, -0.2) is 22.9 Å². The lowest BCUT2D eigenvalue weighted by atomic mass is 9.88. The number of amides is 1. The summed E-state index contributed by atoms with van der Waals surface area (Å²) in [5, 5.41) is 13.5. The van der Waals surface area contributed by atoms with Gasteiger partial charge in [-0.15, -0.1) is 12.4 Å². The molecule has 0 heterocycles. The number of benzene rings is 1. The monoisotopic (exact) mass is 315 g/mol. The first-order valence-electron chi connectivity index (χ1n) is 6.53. The van der Waals surface area contributed by atoms with Gasteiger partial charge in [-0.05, 0) is 18.4 Å². The Morgan fingerprint density at radius 1 is 1.38 bits per heavy atom. The van der Waals surface area contributed by atoms with Crippen molar-refractivity contribution in [3.63, 3.8) is 0 Å². The van der Waals surface area contributed by atoms with Crippen molar-refractivity contribution in [2.24, 2.45) is 11.7 Å². The van der Waals surface area contributed by atoms with Crippen molar-refractivity contribution in [3.8, 4) is 0 Å². The van der Waals surface area contributed by atoms with Gasteiger partial charge >= 0.3 is 0 Å². The molecule has 0 bridgehead atoms. The van der Waals surface area contributed by atoms with Gasteiger partial charge in [0, 0.05) is 18.7 Å². The predicted molar refractivity (Wildman–Crippen MR) is 84.5 cm³/mol. The zero-order valence-corrected chi connectivity index (χ0v) is 13.3. The Morgan fingerprint density at radius 2 is 1.90 bits per heavy atom. The van der Waals surface area contributed by atoms with E-state index in [1.807, 2.05) is 20.8 Å². The number of nitro benzene ring substituents is 1. The average molecular weight is 316 g/mol. The van der Waals surface area contributed by atoms with E-state index >= 15 is 0 Å². The van der Waals surface area contributed by atoms with Gasteiger partial charge in [0.2, 0.25) is 5.91 Å². The molecule has 1 amide bonds. The molecule has 0 aliphatic carbocycles. The van der Waals surface area contributed by atoms with Gasteiger partial charge in [0.25, 0.3) is 5.69 Å². The molecule has 1 unspecified atom stereocenters. The molecule has 0 aliphatic rings. The van der Waals surface area contributed by atoms with Gasteiger partial charge in [0.15, 0.2) is 0 Å². The first kappa shape index (κ1) is 19.3. The third-order valence-corrected chi connectivity index (χ3v) is 3.64. The molecule has 6 nitrogen and oxygen atoms in total. The third-order valence-electron chi connectivity index (χ3n) is 3.64. The van der Waals surface area contributed by atoms with Crippen LogP contribution in [0.2, 0.25) is 0 Å². The summed E-state index contributed by atoms with van der Waals surface area (Å²) in [5.41, 5.74) is 6.02. The molecule has 1 rings (SSSR count). The van der Waals surface area contributed by atoms with Crippen LogP contribution in [0.3, 0.4) is 0 Å². The molecule has 118 valence electrons. The Kier molecular flexibility index (Phi) is 7.32. The van der Waals surface area contributed by atoms with Gasteiger partial charge in [0.1, 0.15) is 0 Å². The van der Waals surface area contributed by atoms with Crippen molar-refractivity contribution in [1.29, 1.82) is 0 Å². The molecule has 1 aromatic carbocycles. The Bertz CT molecular complexity index is 491. The lowest BCUT2D eigenvalue weighted by Crippen LogP contribution is -2.55. The lowest BCUT2D eigenvalue weighted by Gasteiger charge is -2.33. The molecule has 1 aromatic rings. The SMILES string of the molecule is CC(C)C(C)(CN)NC(=O)Cc1ccc([N+](=O)[O-])cc1.Cl. The maximum atomic E-state index is 12.0. The molecule has 21 heavy (non-hydrogen) atoms. The number of nitro groups is 1. The van der Waals surface area contributed by atoms with Crippen molar-refractivity contribution >= 4 is 24.0 Å². The number of halogens is 1. The molecule has 1 atom stereocenters. The molecule has 0 aliphatic heterocycles. The zero-order chi connectivity index (χ0) is 15.3. The molecule has 0 spiro atoms. The highest BCUT2D eigenvalue weighted by atomic mass is 35.5. The zero-order valence-electron chi connectivity index (χ0n) is 12.5. The number of non-ortho nitro benzene ring substituents is 1. The van der Waals surface area contributed by atoms with E-state index in [0.717, 1.165) is 5.56 Å². The van der Waals surface area contributed by atoms with Crippen LogP contribution in [0.1, 0.15) is 26.3 Å². The quantitative estimate of drug-likeness (QED) is 0.620. The first-order valence-corrected chi connectivity index (χ1v) is 6.53. The van der Waals surface area contributed by atoms with Crippen LogP contribution < -0.4 is 11.1 Å². The molecule has 3 N–H and O–H groups in total. The summed E-state index contributed by atoms with van der Waals surface area (Å²) in [7, 11) is 0. The van der Waals surface area contributed by atoms with Gasteiger partial charge in [0.05, 0.1) is 16.9 Å². The first-order chi connectivity index (χ1) is 9.28. The lowest BCUT2D eigenvalue weighted by molar-refractivity contribution is -0.384. The van der Waals surface area contributed by atoms with Crippen LogP contribution in [0.5, 0.6) is 0 Å². The second kappa shape index (κ2) is 7.95. The van der Waals surface area contributed by atoms with Gasteiger partial charge in [-0.1, -0.05) is 26.0 Å². The van der Waals surface area contributed by atoms with E-state index < -0.39 is 10.5 Å². The molecular formula is C14H22ClN3O3.